The molecule has 5 heteroatoms. The lowest BCUT2D eigenvalue weighted by Crippen LogP contribution is -1.92. The summed E-state index contributed by atoms with van der Waals surface area (Å²) < 4.78 is 0. The molecule has 0 aromatic carbocycles. The van der Waals surface area contributed by atoms with E-state index < -0.39 is 4.92 Å². The van der Waals surface area contributed by atoms with Crippen LogP contribution in [0.4, 0.5) is 0 Å². The van der Waals surface area contributed by atoms with Crippen molar-refractivity contribution in [2.45, 2.75) is 13.8 Å². The molecule has 0 N–H and O–H groups in total. The molecule has 1 aromatic rings. The second-order valence-corrected chi connectivity index (χ2v) is 3.23. The normalized spacial score (nSPS) is 11.7. The molecule has 0 saturated heterocycles. The predicted molar refractivity (Wildman–Crippen MR) is 47.5 cm³/mol. The Morgan fingerprint density at radius 3 is 2.92 bits per heavy atom. The van der Waals surface area contributed by atoms with E-state index in [0.29, 0.717) is 0 Å². The minimum Gasteiger partial charge on any atom is -0.259 e. The highest BCUT2D eigenvalue weighted by atomic mass is 32.1. The second-order valence-electron chi connectivity index (χ2n) is 2.34. The van der Waals surface area contributed by atoms with Crippen LogP contribution in [0.25, 0.3) is 6.08 Å². The molecule has 0 amide bonds. The molecule has 0 aliphatic heterocycles. The molecule has 0 saturated carbocycles. The number of thiazole rings is 1. The molecule has 64 valence electrons. The Morgan fingerprint density at radius 1 is 1.83 bits per heavy atom. The van der Waals surface area contributed by atoms with E-state index in [0.717, 1.165) is 10.6 Å². The minimum absolute atomic E-state index is 0.141. The fourth-order valence-electron chi connectivity index (χ4n) is 0.692. The van der Waals surface area contributed by atoms with Crippen LogP contribution in [0.3, 0.4) is 0 Å². The van der Waals surface area contributed by atoms with Gasteiger partial charge in [-0.3, -0.25) is 10.1 Å². The number of aryl methyl sites for hydroxylation is 1. The molecule has 0 spiro atoms. The van der Waals surface area contributed by atoms with Gasteiger partial charge in [-0.1, -0.05) is 0 Å². The van der Waals surface area contributed by atoms with Gasteiger partial charge in [-0.15, -0.1) is 11.3 Å². The van der Waals surface area contributed by atoms with E-state index in [9.17, 15) is 10.1 Å². The van der Waals surface area contributed by atoms with Gasteiger partial charge in [0.25, 0.3) is 0 Å². The van der Waals surface area contributed by atoms with E-state index in [1.165, 1.54) is 24.3 Å². The number of allylic oxidation sites excluding steroid dienone is 1. The van der Waals surface area contributed by atoms with Crippen LogP contribution in [-0.2, 0) is 0 Å². The lowest BCUT2D eigenvalue weighted by atomic mass is 10.3. The van der Waals surface area contributed by atoms with E-state index in [1.54, 1.807) is 5.51 Å². The van der Waals surface area contributed by atoms with Gasteiger partial charge in [0.2, 0.25) is 5.70 Å². The van der Waals surface area contributed by atoms with Crippen LogP contribution >= 0.6 is 11.3 Å². The quantitative estimate of drug-likeness (QED) is 0.522. The van der Waals surface area contributed by atoms with Gasteiger partial charge in [0.15, 0.2) is 0 Å². The molecular weight excluding hydrogens is 176 g/mol. The maximum Gasteiger partial charge on any atom is 0.244 e. The predicted octanol–water partition coefficient (Wildman–Crippen LogP) is 2.09. The Hall–Kier alpha value is -1.23. The first kappa shape index (κ1) is 8.86. The van der Waals surface area contributed by atoms with Gasteiger partial charge < -0.3 is 0 Å². The van der Waals surface area contributed by atoms with Crippen molar-refractivity contribution in [3.63, 3.8) is 0 Å². The number of aromatic nitrogens is 1. The molecule has 0 aliphatic carbocycles. The van der Waals surface area contributed by atoms with E-state index in [1.807, 2.05) is 6.92 Å². The first-order valence-electron chi connectivity index (χ1n) is 3.34. The highest BCUT2D eigenvalue weighted by molar-refractivity contribution is 7.10. The molecule has 4 nitrogen and oxygen atoms in total. The number of rotatable bonds is 2. The van der Waals surface area contributed by atoms with Crippen LogP contribution in [0.1, 0.15) is 17.5 Å². The maximum atomic E-state index is 10.3. The van der Waals surface area contributed by atoms with Crippen LogP contribution < -0.4 is 0 Å². The van der Waals surface area contributed by atoms with Crippen LogP contribution in [-0.4, -0.2) is 9.91 Å². The molecule has 0 bridgehead atoms. The number of nitro groups is 1. The fourth-order valence-corrected chi connectivity index (χ4v) is 1.48. The highest BCUT2D eigenvalue weighted by Crippen LogP contribution is 2.16. The van der Waals surface area contributed by atoms with Crippen molar-refractivity contribution in [3.05, 3.63) is 31.9 Å². The molecule has 12 heavy (non-hydrogen) atoms. The number of nitrogens with zero attached hydrogens (tertiary/aromatic N) is 2. The summed E-state index contributed by atoms with van der Waals surface area (Å²) in [5.74, 6) is 0. The van der Waals surface area contributed by atoms with Crippen molar-refractivity contribution in [1.82, 2.24) is 4.98 Å². The topological polar surface area (TPSA) is 56.0 Å². The summed E-state index contributed by atoms with van der Waals surface area (Å²) in [6.07, 6.45) is 1.53. The van der Waals surface area contributed by atoms with Crippen LogP contribution in [0.5, 0.6) is 0 Å². The van der Waals surface area contributed by atoms with Gasteiger partial charge in [-0.25, -0.2) is 4.98 Å². The van der Waals surface area contributed by atoms with Crippen LogP contribution in [0.2, 0.25) is 0 Å². The van der Waals surface area contributed by atoms with Crippen molar-refractivity contribution in [2.75, 3.05) is 0 Å². The fraction of sp³-hybridized carbons (Fsp3) is 0.286. The van der Waals surface area contributed by atoms with Crippen molar-refractivity contribution in [1.29, 1.82) is 0 Å². The van der Waals surface area contributed by atoms with E-state index in [-0.39, 0.29) is 5.70 Å². The van der Waals surface area contributed by atoms with Gasteiger partial charge in [0.1, 0.15) is 0 Å². The third-order valence-electron chi connectivity index (χ3n) is 1.41. The summed E-state index contributed by atoms with van der Waals surface area (Å²) in [4.78, 5) is 14.7. The lowest BCUT2D eigenvalue weighted by Gasteiger charge is -1.88. The zero-order valence-corrected chi connectivity index (χ0v) is 7.59. The SMILES string of the molecule is CC(=Cc1scnc1C)[N+](=O)[O-]. The third-order valence-corrected chi connectivity index (χ3v) is 2.29. The molecular formula is C7H8N2O2S. The molecule has 1 aromatic heterocycles. The van der Waals surface area contributed by atoms with Gasteiger partial charge in [-0.05, 0) is 6.92 Å². The second kappa shape index (κ2) is 3.44. The van der Waals surface area contributed by atoms with E-state index in [2.05, 4.69) is 4.98 Å². The standard InChI is InChI=1S/C7H8N2O2S/c1-5(9(10)11)3-7-6(2)8-4-12-7/h3-4H,1-2H3. The monoisotopic (exact) mass is 184 g/mol. The summed E-state index contributed by atoms with van der Waals surface area (Å²) >= 11 is 1.40. The lowest BCUT2D eigenvalue weighted by molar-refractivity contribution is -0.422. The minimum atomic E-state index is -0.404. The Kier molecular flexibility index (Phi) is 2.54. The van der Waals surface area contributed by atoms with Crippen molar-refractivity contribution >= 4 is 17.4 Å². The van der Waals surface area contributed by atoms with E-state index >= 15 is 0 Å². The van der Waals surface area contributed by atoms with Crippen molar-refractivity contribution in [3.8, 4) is 0 Å². The third kappa shape index (κ3) is 1.88. The zero-order chi connectivity index (χ0) is 9.14. The Bertz CT molecular complexity index is 330. The van der Waals surface area contributed by atoms with Gasteiger partial charge in [0, 0.05) is 13.0 Å². The Balaban J connectivity index is 2.95. The maximum absolute atomic E-state index is 10.3. The van der Waals surface area contributed by atoms with Crippen LogP contribution in [0.15, 0.2) is 11.2 Å². The molecule has 0 radical (unpaired) electrons. The molecule has 0 fully saturated rings. The number of hydrogen-bond donors (Lipinski definition) is 0. The molecule has 1 rings (SSSR count). The average molecular weight is 184 g/mol. The van der Waals surface area contributed by atoms with Gasteiger partial charge >= 0.3 is 0 Å². The van der Waals surface area contributed by atoms with Crippen molar-refractivity contribution in [2.24, 2.45) is 0 Å². The summed E-state index contributed by atoms with van der Waals surface area (Å²) in [7, 11) is 0. The van der Waals surface area contributed by atoms with Gasteiger partial charge in [-0.2, -0.15) is 0 Å². The first-order valence-corrected chi connectivity index (χ1v) is 4.22. The smallest absolute Gasteiger partial charge is 0.244 e. The molecule has 0 unspecified atom stereocenters. The van der Waals surface area contributed by atoms with Crippen LogP contribution in [0, 0.1) is 17.0 Å². The summed E-state index contributed by atoms with van der Waals surface area (Å²) in [6.45, 7) is 3.30. The molecule has 0 atom stereocenters. The highest BCUT2D eigenvalue weighted by Gasteiger charge is 2.04. The first-order chi connectivity index (χ1) is 5.61. The Labute approximate surface area is 73.7 Å². The Morgan fingerprint density at radius 2 is 2.50 bits per heavy atom. The molecule has 0 aliphatic rings. The summed E-state index contributed by atoms with van der Waals surface area (Å²) in [6, 6.07) is 0. The summed E-state index contributed by atoms with van der Waals surface area (Å²) in [5, 5.41) is 10.3. The van der Waals surface area contributed by atoms with Gasteiger partial charge in [0.05, 0.1) is 21.0 Å². The molecule has 1 heterocycles. The van der Waals surface area contributed by atoms with E-state index in [4.69, 9.17) is 0 Å². The number of hydrogen-bond acceptors (Lipinski definition) is 4. The summed E-state index contributed by atoms with van der Waals surface area (Å²) in [5.41, 5.74) is 2.65. The average Bonchev–Trinajstić information content (AvgIpc) is 2.36. The van der Waals surface area contributed by atoms with Crippen molar-refractivity contribution < 1.29 is 4.92 Å². The largest absolute Gasteiger partial charge is 0.259 e. The zero-order valence-electron chi connectivity index (χ0n) is 6.77.